The molecule has 1 unspecified atom stereocenters. The smallest absolute Gasteiger partial charge is 0.0942 e. The number of nitrogens with zero attached hydrogens (tertiary/aromatic N) is 2. The van der Waals surface area contributed by atoms with E-state index in [1.807, 2.05) is 0 Å². The van der Waals surface area contributed by atoms with Crippen molar-refractivity contribution in [2.24, 2.45) is 0 Å². The molecule has 280 valence electrons. The Labute approximate surface area is 343 Å². The standard InChI is InChI=1S/C54H46N2Si2/c1-57(2,3)54-49-34-38-32-43(55(39-20-10-6-11-21-39)40-22-12-7-13-23-40)31-30-37(38)33-48(49)51-46-29-19-18-28-45(46)47-35-44(36-50(58(54,4)5)52(47)53(51)54)56(41-24-14-8-15-25-41)42-26-16-9-17-27-42/h6-36H,1-5H3. The van der Waals surface area contributed by atoms with Crippen LogP contribution in [0.1, 0.15) is 11.1 Å². The summed E-state index contributed by atoms with van der Waals surface area (Å²) in [4.78, 5) is 4.86. The van der Waals surface area contributed by atoms with E-state index in [2.05, 4.69) is 231 Å². The number of para-hydroxylation sites is 4. The molecule has 1 heterocycles. The highest BCUT2D eigenvalue weighted by Gasteiger charge is 2.66. The molecule has 1 aliphatic heterocycles. The summed E-state index contributed by atoms with van der Waals surface area (Å²) in [6, 6.07) is 70.1. The molecule has 0 bridgehead atoms. The molecule has 0 spiro atoms. The molecular formula is C54H46N2Si2. The maximum absolute atomic E-state index is 2.70. The van der Waals surface area contributed by atoms with E-state index in [9.17, 15) is 0 Å². The number of fused-ring (bicyclic) bond motifs is 7. The lowest BCUT2D eigenvalue weighted by atomic mass is 9.90. The van der Waals surface area contributed by atoms with Gasteiger partial charge in [0.15, 0.2) is 0 Å². The SMILES string of the molecule is C[Si](C)(C)C12c3cc4cc(N(c5ccccc5)c5ccccc5)ccc4cc3-c3c1c1c(cc(N(c4ccccc4)c4ccccc4)cc1c1ccccc31)[Si]2(C)C. The van der Waals surface area contributed by atoms with Crippen molar-refractivity contribution in [2.45, 2.75) is 37.4 Å². The van der Waals surface area contributed by atoms with Crippen LogP contribution < -0.4 is 15.0 Å². The van der Waals surface area contributed by atoms with E-state index in [4.69, 9.17) is 0 Å². The topological polar surface area (TPSA) is 6.48 Å². The van der Waals surface area contributed by atoms with Gasteiger partial charge in [-0.2, -0.15) is 0 Å². The second kappa shape index (κ2) is 12.6. The first kappa shape index (κ1) is 35.0. The summed E-state index contributed by atoms with van der Waals surface area (Å²) in [5, 5.41) is 9.84. The molecule has 0 fully saturated rings. The summed E-state index contributed by atoms with van der Waals surface area (Å²) >= 11 is 0. The molecule has 9 aromatic carbocycles. The second-order valence-corrected chi connectivity index (χ2v) is 28.1. The van der Waals surface area contributed by atoms with E-state index in [1.165, 1.54) is 66.2 Å². The van der Waals surface area contributed by atoms with Crippen molar-refractivity contribution >= 4 is 87.8 Å². The Hall–Kier alpha value is -6.21. The Morgan fingerprint density at radius 1 is 0.431 bits per heavy atom. The van der Waals surface area contributed by atoms with Crippen molar-refractivity contribution in [1.29, 1.82) is 0 Å². The van der Waals surface area contributed by atoms with Crippen molar-refractivity contribution < 1.29 is 0 Å². The van der Waals surface area contributed by atoms with Crippen LogP contribution in [-0.2, 0) is 4.66 Å². The van der Waals surface area contributed by atoms with Crippen LogP contribution in [0.2, 0.25) is 32.7 Å². The molecule has 1 aliphatic carbocycles. The molecule has 0 amide bonds. The molecule has 2 aliphatic rings. The number of anilines is 6. The Morgan fingerprint density at radius 3 is 1.47 bits per heavy atom. The first-order valence-electron chi connectivity index (χ1n) is 20.6. The van der Waals surface area contributed by atoms with Gasteiger partial charge in [-0.3, -0.25) is 0 Å². The van der Waals surface area contributed by atoms with Crippen LogP contribution in [0.15, 0.2) is 188 Å². The maximum atomic E-state index is 2.70. The lowest BCUT2D eigenvalue weighted by Crippen LogP contribution is -2.66. The van der Waals surface area contributed by atoms with Crippen LogP contribution >= 0.6 is 0 Å². The molecular weight excluding hydrogens is 733 g/mol. The average molecular weight is 779 g/mol. The predicted molar refractivity (Wildman–Crippen MR) is 255 cm³/mol. The van der Waals surface area contributed by atoms with E-state index < -0.39 is 16.1 Å². The van der Waals surface area contributed by atoms with Crippen LogP contribution in [0.4, 0.5) is 34.1 Å². The third-order valence-corrected chi connectivity index (χ3v) is 24.5. The largest absolute Gasteiger partial charge is 0.310 e. The Bertz CT molecular complexity index is 2990. The van der Waals surface area contributed by atoms with Crippen molar-refractivity contribution in [2.75, 3.05) is 9.80 Å². The number of hydrogen-bond donors (Lipinski definition) is 0. The van der Waals surface area contributed by atoms with Gasteiger partial charge >= 0.3 is 0 Å². The van der Waals surface area contributed by atoms with E-state index in [0.29, 0.717) is 0 Å². The molecule has 0 radical (unpaired) electrons. The third-order valence-electron chi connectivity index (χ3n) is 13.4. The highest BCUT2D eigenvalue weighted by molar-refractivity contribution is 7.09. The predicted octanol–water partition coefficient (Wildman–Crippen LogP) is 14.7. The zero-order valence-corrected chi connectivity index (χ0v) is 35.8. The molecule has 4 heteroatoms. The Morgan fingerprint density at radius 2 is 0.931 bits per heavy atom. The summed E-state index contributed by atoms with van der Waals surface area (Å²) in [5.41, 5.74) is 13.2. The molecule has 0 saturated carbocycles. The zero-order valence-electron chi connectivity index (χ0n) is 33.8. The minimum absolute atomic E-state index is 0.0268. The highest BCUT2D eigenvalue weighted by Crippen LogP contribution is 2.65. The molecule has 0 aromatic heterocycles. The molecule has 58 heavy (non-hydrogen) atoms. The fourth-order valence-corrected chi connectivity index (χ4v) is 24.9. The normalized spacial score (nSPS) is 16.2. The first-order valence-corrected chi connectivity index (χ1v) is 27.1. The average Bonchev–Trinajstić information content (AvgIpc) is 3.67. The van der Waals surface area contributed by atoms with Gasteiger partial charge in [0.1, 0.15) is 0 Å². The lowest BCUT2D eigenvalue weighted by molar-refractivity contribution is 0.988. The number of benzene rings is 9. The van der Waals surface area contributed by atoms with E-state index in [1.54, 1.807) is 16.3 Å². The van der Waals surface area contributed by atoms with Gasteiger partial charge in [0, 0.05) is 38.8 Å². The van der Waals surface area contributed by atoms with Gasteiger partial charge in [-0.25, -0.2) is 0 Å². The second-order valence-electron chi connectivity index (χ2n) is 17.8. The van der Waals surface area contributed by atoms with Gasteiger partial charge < -0.3 is 9.80 Å². The van der Waals surface area contributed by atoms with E-state index in [0.717, 1.165) is 11.4 Å². The summed E-state index contributed by atoms with van der Waals surface area (Å²) in [7, 11) is -4.37. The van der Waals surface area contributed by atoms with Crippen LogP contribution in [0.3, 0.4) is 0 Å². The van der Waals surface area contributed by atoms with Gasteiger partial charge in [-0.1, -0.05) is 142 Å². The van der Waals surface area contributed by atoms with Gasteiger partial charge in [0.05, 0.1) is 16.1 Å². The van der Waals surface area contributed by atoms with Gasteiger partial charge in [-0.15, -0.1) is 0 Å². The molecule has 1 atom stereocenters. The highest BCUT2D eigenvalue weighted by atomic mass is 28.4. The first-order chi connectivity index (χ1) is 28.2. The Balaban J connectivity index is 1.21. The maximum Gasteiger partial charge on any atom is 0.0942 e. The fraction of sp³-hybridized carbons (Fsp3) is 0.111. The molecule has 0 N–H and O–H groups in total. The number of hydrogen-bond acceptors (Lipinski definition) is 2. The van der Waals surface area contributed by atoms with Crippen LogP contribution in [0, 0.1) is 0 Å². The van der Waals surface area contributed by atoms with Crippen LogP contribution in [0.25, 0.3) is 43.4 Å². The summed E-state index contributed by atoms with van der Waals surface area (Å²) in [6.07, 6.45) is 0. The minimum atomic E-state index is -2.34. The molecule has 0 saturated heterocycles. The third kappa shape index (κ3) is 4.76. The van der Waals surface area contributed by atoms with Crippen LogP contribution in [-0.4, -0.2) is 16.1 Å². The summed E-state index contributed by atoms with van der Waals surface area (Å²) in [6.45, 7) is 13.4. The van der Waals surface area contributed by atoms with Crippen molar-refractivity contribution in [3.05, 3.63) is 199 Å². The van der Waals surface area contributed by atoms with Crippen LogP contribution in [0.5, 0.6) is 0 Å². The van der Waals surface area contributed by atoms with Crippen molar-refractivity contribution in [3.8, 4) is 11.1 Å². The fourth-order valence-electron chi connectivity index (χ4n) is 11.4. The zero-order chi connectivity index (χ0) is 39.4. The van der Waals surface area contributed by atoms with Crippen molar-refractivity contribution in [1.82, 2.24) is 0 Å². The summed E-state index contributed by atoms with van der Waals surface area (Å²) in [5.74, 6) is 0. The number of rotatable bonds is 7. The monoisotopic (exact) mass is 778 g/mol. The summed E-state index contributed by atoms with van der Waals surface area (Å²) < 4.78 is -0.0268. The van der Waals surface area contributed by atoms with Gasteiger partial charge in [0.2, 0.25) is 0 Å². The van der Waals surface area contributed by atoms with E-state index >= 15 is 0 Å². The van der Waals surface area contributed by atoms with Gasteiger partial charge in [-0.05, 0) is 139 Å². The Kier molecular flexibility index (Phi) is 7.63. The quantitative estimate of drug-likeness (QED) is 0.117. The lowest BCUT2D eigenvalue weighted by Gasteiger charge is -2.49. The molecule has 9 aromatic rings. The van der Waals surface area contributed by atoms with E-state index in [-0.39, 0.29) is 4.66 Å². The van der Waals surface area contributed by atoms with Gasteiger partial charge in [0.25, 0.3) is 0 Å². The molecule has 11 rings (SSSR count). The molecule has 2 nitrogen and oxygen atoms in total. The van der Waals surface area contributed by atoms with Crippen molar-refractivity contribution in [3.63, 3.8) is 0 Å². The minimum Gasteiger partial charge on any atom is -0.310 e.